The van der Waals surface area contributed by atoms with Gasteiger partial charge in [-0.2, -0.15) is 0 Å². The summed E-state index contributed by atoms with van der Waals surface area (Å²) in [5.74, 6) is -56.3. The van der Waals surface area contributed by atoms with Gasteiger partial charge in [0, 0.05) is 12.4 Å². The van der Waals surface area contributed by atoms with Gasteiger partial charge in [0.05, 0.1) is 55.6 Å². The van der Waals surface area contributed by atoms with Crippen LogP contribution in [0.4, 0.5) is 4.79 Å². The summed E-state index contributed by atoms with van der Waals surface area (Å²) in [6, 6.07) is 8.46. The molecule has 10 aromatic rings. The van der Waals surface area contributed by atoms with Crippen molar-refractivity contribution in [1.29, 1.82) is 0 Å². The number of halogens is 1. The topological polar surface area (TPSA) is 796 Å². The molecule has 1 aliphatic rings. The molecule has 0 spiro atoms. The van der Waals surface area contributed by atoms with Gasteiger partial charge in [0.1, 0.15) is 12.7 Å². The minimum atomic E-state index is -3.15. The Morgan fingerprint density at radius 3 is 0.742 bits per heavy atom. The van der Waals surface area contributed by atoms with Crippen molar-refractivity contribution >= 4 is 77.4 Å². The van der Waals surface area contributed by atoms with Crippen LogP contribution in [-0.2, 0) is 28.4 Å². The van der Waals surface area contributed by atoms with E-state index in [1.54, 1.807) is 0 Å². The fourth-order valence-electron chi connectivity index (χ4n) is 11.2. The first-order chi connectivity index (χ1) is 60.3. The van der Waals surface area contributed by atoms with E-state index >= 15 is 19.2 Å². The molecule has 5 unspecified atom stereocenters. The highest BCUT2D eigenvalue weighted by molar-refractivity contribution is 6.18. The molecule has 48 nitrogen and oxygen atoms in total. The van der Waals surface area contributed by atoms with Crippen molar-refractivity contribution in [2.75, 3.05) is 19.0 Å². The van der Waals surface area contributed by atoms with Gasteiger partial charge in [-0.25, -0.2) is 52.7 Å². The van der Waals surface area contributed by atoms with E-state index in [4.69, 9.17) is 68.4 Å². The molecule has 10 aromatic carbocycles. The zero-order valence-corrected chi connectivity index (χ0v) is 63.8. The van der Waals surface area contributed by atoms with Crippen molar-refractivity contribution in [2.45, 2.75) is 30.7 Å². The molecular weight excluding hydrogens is 1750 g/mol. The lowest BCUT2D eigenvalue weighted by Crippen LogP contribution is -2.63. The van der Waals surface area contributed by atoms with Crippen LogP contribution in [0.25, 0.3) is 0 Å². The third-order valence-corrected chi connectivity index (χ3v) is 17.6. The highest BCUT2D eigenvalue weighted by Crippen LogP contribution is 2.48. The molecule has 666 valence electrons. The van der Waals surface area contributed by atoms with Gasteiger partial charge in [0.2, 0.25) is 46.9 Å². The Bertz CT molecular complexity index is 6180. The molecule has 5 atom stereocenters. The molecule has 49 heteroatoms. The smallest absolute Gasteiger partial charge is 0.412 e. The zero-order chi connectivity index (χ0) is 93.8. The summed E-state index contributed by atoms with van der Waals surface area (Å²) in [5.41, 5.74) is -10.0. The highest BCUT2D eigenvalue weighted by Gasteiger charge is 2.55. The number of carbonyl (C=O) groups excluding carboxylic acids is 11. The maximum Gasteiger partial charge on any atom is 0.412 e. The van der Waals surface area contributed by atoms with Crippen LogP contribution in [0.2, 0.25) is 0 Å². The number of benzene rings is 10. The normalized spacial score (nSPS) is 14.4. The molecule has 0 aromatic heterocycles. The molecule has 0 saturated carbocycles. The van der Waals surface area contributed by atoms with E-state index < -0.39 is 331 Å². The van der Waals surface area contributed by atoms with Gasteiger partial charge < -0.3 is 185 Å². The first-order valence-corrected chi connectivity index (χ1v) is 35.5. The predicted octanol–water partition coefficient (Wildman–Crippen LogP) is 5.46. The molecular formula is C79H56ClNO47. The molecule has 1 aliphatic heterocycles. The van der Waals surface area contributed by atoms with E-state index in [0.717, 1.165) is 0 Å². The van der Waals surface area contributed by atoms with Gasteiger partial charge in [0.15, 0.2) is 150 Å². The number of esters is 10. The van der Waals surface area contributed by atoms with E-state index in [-0.39, 0.29) is 24.6 Å². The summed E-state index contributed by atoms with van der Waals surface area (Å²) in [6.07, 6.45) is -16.5. The van der Waals surface area contributed by atoms with Crippen LogP contribution in [-0.4, -0.2) is 238 Å². The summed E-state index contributed by atoms with van der Waals surface area (Å²) in [7, 11) is 0. The number of hydrogen-bond acceptors (Lipinski definition) is 47. The number of phenols is 24. The van der Waals surface area contributed by atoms with Gasteiger partial charge in [0.25, 0.3) is 0 Å². The van der Waals surface area contributed by atoms with Crippen molar-refractivity contribution in [3.8, 4) is 172 Å². The van der Waals surface area contributed by atoms with Crippen molar-refractivity contribution < 1.29 is 232 Å². The Hall–Kier alpha value is -18.4. The monoisotopic (exact) mass is 1810 g/mol. The molecule has 0 radical (unpaired) electrons. The van der Waals surface area contributed by atoms with E-state index in [2.05, 4.69) is 5.32 Å². The van der Waals surface area contributed by atoms with E-state index in [1.807, 2.05) is 0 Å². The standard InChI is InChI=1S/C79H56ClNO47/c80-1-2-81-79(116)127-64-47(95)16-28(17-48(64)96)73(111)122-52-21-32(14-45(93)62(52)104)76(114)126-67-66(125-75(113)31-13-44(92)61(103)51(20-31)120-71(109)26-7-38(86)57(99)39(87)8-26)65(124-74(112)30-12-43(91)60(102)50(19-30)119-70(108)25-5-36(84)56(98)37(85)6-25)54(23-117-68(106)29-11-42(90)59(101)49(18-29)118-69(107)24-3-34(82)55(97)35(83)4-24)123-78(67)128-77(115)33-15-46(94)63(105)53(22-33)121-72(110)27-9-40(88)58(100)41(89)10-27/h3-22,54,65-67,78,82-105H,1-2,23H2,(H,81,116). The van der Waals surface area contributed by atoms with E-state index in [0.29, 0.717) is 109 Å². The zero-order valence-electron chi connectivity index (χ0n) is 63.1. The second-order valence-electron chi connectivity index (χ2n) is 26.1. The minimum absolute atomic E-state index is 0.140. The SMILES string of the molecule is O=C(NCCCl)Oc1c(O)cc(C(=O)Oc2cc(C(=O)OC3C(OC(=O)c4cc(O)c(O)c(OC(=O)c5cc(O)c(O)c(O)c5)c4)OC(COC(=O)c4cc(O)c(O)c(OC(=O)c5cc(O)c(O)c(O)c5)c4)C(OC(=O)c4cc(O)c(O)c(OC(=O)c5cc(O)c(O)c(O)c5)c4)C3OC(=O)c3cc(O)c(O)c(OC(=O)c4cc(O)c(O)c(O)c4)c3)cc(O)c2O)cc1O. The Balaban J connectivity index is 1.08. The first kappa shape index (κ1) is 90.4. The number of rotatable bonds is 24. The van der Waals surface area contributed by atoms with Crippen LogP contribution in [0.3, 0.4) is 0 Å². The van der Waals surface area contributed by atoms with Gasteiger partial charge in [-0.3, -0.25) is 0 Å². The van der Waals surface area contributed by atoms with Crippen LogP contribution in [0.5, 0.6) is 172 Å². The summed E-state index contributed by atoms with van der Waals surface area (Å²) < 4.78 is 65.5. The average molecular weight is 1810 g/mol. The van der Waals surface area contributed by atoms with E-state index in [9.17, 15) is 156 Å². The van der Waals surface area contributed by atoms with E-state index in [1.165, 1.54) is 0 Å². The fraction of sp³-hybridized carbons (Fsp3) is 0.101. The van der Waals surface area contributed by atoms with Gasteiger partial charge >= 0.3 is 65.8 Å². The Morgan fingerprint density at radius 2 is 0.477 bits per heavy atom. The number of ether oxygens (including phenoxy) is 12. The second kappa shape index (κ2) is 36.5. The maximum absolute atomic E-state index is 15.3. The predicted molar refractivity (Wildman–Crippen MR) is 406 cm³/mol. The van der Waals surface area contributed by atoms with Crippen LogP contribution < -0.4 is 33.7 Å². The quantitative estimate of drug-likeness (QED) is 0.0117. The lowest BCUT2D eigenvalue weighted by Gasteiger charge is -2.43. The number of alkyl halides is 1. The number of carbonyl (C=O) groups is 11. The molecule has 0 bridgehead atoms. The second-order valence-corrected chi connectivity index (χ2v) is 26.5. The average Bonchev–Trinajstić information content (AvgIpc) is 0.760. The van der Waals surface area contributed by atoms with Crippen molar-refractivity contribution in [2.24, 2.45) is 0 Å². The third-order valence-electron chi connectivity index (χ3n) is 17.5. The van der Waals surface area contributed by atoms with Crippen LogP contribution in [0.15, 0.2) is 121 Å². The molecule has 1 saturated heterocycles. The lowest BCUT2D eigenvalue weighted by atomic mass is 9.97. The van der Waals surface area contributed by atoms with Crippen molar-refractivity contribution in [1.82, 2.24) is 5.32 Å². The number of hydrogen-bond donors (Lipinski definition) is 25. The molecule has 1 fully saturated rings. The number of aromatic hydroxyl groups is 24. The number of nitrogens with one attached hydrogen (secondary N) is 1. The number of amides is 1. The molecule has 11 rings (SSSR count). The molecule has 1 heterocycles. The van der Waals surface area contributed by atoms with Crippen LogP contribution in [0, 0.1) is 0 Å². The molecule has 0 aliphatic carbocycles. The Labute approximate surface area is 711 Å². The molecule has 1 amide bonds. The molecule has 128 heavy (non-hydrogen) atoms. The number of phenolic OH excluding ortho intramolecular Hbond substituents is 24. The lowest BCUT2D eigenvalue weighted by molar-refractivity contribution is -0.282. The summed E-state index contributed by atoms with van der Waals surface area (Å²) in [6.45, 7) is -1.92. The van der Waals surface area contributed by atoms with Gasteiger partial charge in [-0.15, -0.1) is 11.6 Å². The van der Waals surface area contributed by atoms with Crippen molar-refractivity contribution in [3.05, 3.63) is 177 Å². The highest BCUT2D eigenvalue weighted by atomic mass is 35.5. The van der Waals surface area contributed by atoms with Gasteiger partial charge in [-0.05, 0) is 121 Å². The van der Waals surface area contributed by atoms with Crippen molar-refractivity contribution in [3.63, 3.8) is 0 Å². The fourth-order valence-corrected chi connectivity index (χ4v) is 11.3. The Kier molecular flexibility index (Phi) is 25.8. The minimum Gasteiger partial charge on any atom is -0.504 e. The summed E-state index contributed by atoms with van der Waals surface area (Å²) in [5, 5.41) is 255. The van der Waals surface area contributed by atoms with Crippen LogP contribution >= 0.6 is 11.6 Å². The maximum atomic E-state index is 15.3. The van der Waals surface area contributed by atoms with Gasteiger partial charge in [-0.1, -0.05) is 0 Å². The first-order valence-electron chi connectivity index (χ1n) is 34.9. The Morgan fingerprint density at radius 1 is 0.258 bits per heavy atom. The largest absolute Gasteiger partial charge is 0.504 e. The molecule has 25 N–H and O–H groups in total. The summed E-state index contributed by atoms with van der Waals surface area (Å²) >= 11 is 5.57. The summed E-state index contributed by atoms with van der Waals surface area (Å²) in [4.78, 5) is 156. The van der Waals surface area contributed by atoms with Crippen LogP contribution in [0.1, 0.15) is 104 Å². The third kappa shape index (κ3) is 19.5.